The van der Waals surface area contributed by atoms with Crippen LogP contribution in [-0.2, 0) is 16.1 Å². The third-order valence-corrected chi connectivity index (χ3v) is 6.56. The second-order valence-corrected chi connectivity index (χ2v) is 8.78. The van der Waals surface area contributed by atoms with E-state index in [4.69, 9.17) is 4.74 Å². The fraction of sp³-hybridized carbons (Fsp3) is 0.267. The van der Waals surface area contributed by atoms with E-state index < -0.39 is 17.7 Å². The third-order valence-electron chi connectivity index (χ3n) is 6.56. The van der Waals surface area contributed by atoms with Crippen LogP contribution in [0.1, 0.15) is 43.5 Å². The minimum absolute atomic E-state index is 0.0105. The summed E-state index contributed by atoms with van der Waals surface area (Å²) < 4.78 is 19.0. The first-order chi connectivity index (χ1) is 17.9. The average Bonchev–Trinajstić information content (AvgIpc) is 3.16. The summed E-state index contributed by atoms with van der Waals surface area (Å²) in [5.41, 5.74) is 2.78. The van der Waals surface area contributed by atoms with Crippen molar-refractivity contribution in [3.8, 4) is 5.75 Å². The summed E-state index contributed by atoms with van der Waals surface area (Å²) in [5.74, 6) is -1.58. The van der Waals surface area contributed by atoms with Gasteiger partial charge in [0.1, 0.15) is 17.3 Å². The molecule has 1 aliphatic rings. The van der Waals surface area contributed by atoms with Gasteiger partial charge in [0.05, 0.1) is 18.2 Å². The van der Waals surface area contributed by atoms with Crippen molar-refractivity contribution in [2.75, 3.05) is 24.6 Å². The summed E-state index contributed by atoms with van der Waals surface area (Å²) in [6.45, 7) is 8.23. The summed E-state index contributed by atoms with van der Waals surface area (Å²) in [5, 5.41) is 11.3. The van der Waals surface area contributed by atoms with Gasteiger partial charge >= 0.3 is 0 Å². The number of halogens is 1. The van der Waals surface area contributed by atoms with Crippen LogP contribution in [0.15, 0.2) is 78.4 Å². The van der Waals surface area contributed by atoms with Gasteiger partial charge in [0, 0.05) is 30.9 Å². The van der Waals surface area contributed by atoms with Gasteiger partial charge in [-0.3, -0.25) is 9.59 Å². The molecule has 1 amide bonds. The van der Waals surface area contributed by atoms with Gasteiger partial charge < -0.3 is 19.6 Å². The molecule has 6 nitrogen and oxygen atoms in total. The number of Topliss-reactive ketones (excluding diaryl/α,β-unsaturated/α-hetero) is 1. The van der Waals surface area contributed by atoms with Gasteiger partial charge in [0.25, 0.3) is 11.7 Å². The molecule has 37 heavy (non-hydrogen) atoms. The van der Waals surface area contributed by atoms with Gasteiger partial charge in [-0.05, 0) is 68.3 Å². The number of benzene rings is 3. The Bertz CT molecular complexity index is 1300. The number of aliphatic hydroxyl groups is 1. The molecule has 1 saturated heterocycles. The van der Waals surface area contributed by atoms with E-state index in [9.17, 15) is 19.1 Å². The predicted octanol–water partition coefficient (Wildman–Crippen LogP) is 5.69. The summed E-state index contributed by atoms with van der Waals surface area (Å²) in [6, 6.07) is 19.5. The second-order valence-electron chi connectivity index (χ2n) is 8.78. The standard InChI is InChI=1S/C30H31FN2O4/c1-4-32(5-2)24-16-12-21(13-17-24)27-26(28(34)22-8-7-9-25(18-22)37-6-3)29(35)30(36)33(27)19-20-10-14-23(31)15-11-20/h7-18,27,34H,4-6,19H2,1-3H3/b28-26-. The SMILES string of the molecule is CCOc1cccc(/C(O)=C2/C(=O)C(=O)N(Cc3ccc(F)cc3)C2c2ccc(N(CC)CC)cc2)c1. The van der Waals surface area contributed by atoms with Crippen LogP contribution in [0.3, 0.4) is 0 Å². The molecular formula is C30H31FN2O4. The molecule has 0 aliphatic carbocycles. The van der Waals surface area contributed by atoms with Crippen LogP contribution in [0.25, 0.3) is 5.76 Å². The zero-order chi connectivity index (χ0) is 26.5. The largest absolute Gasteiger partial charge is 0.507 e. The van der Waals surface area contributed by atoms with E-state index in [0.29, 0.717) is 29.0 Å². The van der Waals surface area contributed by atoms with Crippen molar-refractivity contribution in [3.63, 3.8) is 0 Å². The van der Waals surface area contributed by atoms with E-state index in [1.807, 2.05) is 31.2 Å². The molecule has 0 bridgehead atoms. The minimum atomic E-state index is -0.813. The summed E-state index contributed by atoms with van der Waals surface area (Å²) in [7, 11) is 0. The molecule has 0 spiro atoms. The molecule has 1 aliphatic heterocycles. The first-order valence-electron chi connectivity index (χ1n) is 12.5. The van der Waals surface area contributed by atoms with Crippen LogP contribution in [-0.4, -0.2) is 41.4 Å². The zero-order valence-electron chi connectivity index (χ0n) is 21.3. The molecule has 3 aromatic rings. The van der Waals surface area contributed by atoms with Crippen molar-refractivity contribution in [3.05, 3.63) is 101 Å². The lowest BCUT2D eigenvalue weighted by Crippen LogP contribution is -2.29. The number of rotatable bonds is 9. The summed E-state index contributed by atoms with van der Waals surface area (Å²) >= 11 is 0. The van der Waals surface area contributed by atoms with Gasteiger partial charge in [-0.1, -0.05) is 36.4 Å². The molecule has 1 fully saturated rings. The minimum Gasteiger partial charge on any atom is -0.507 e. The molecule has 4 rings (SSSR count). The number of ketones is 1. The van der Waals surface area contributed by atoms with Gasteiger partial charge in [-0.15, -0.1) is 0 Å². The maximum absolute atomic E-state index is 13.5. The van der Waals surface area contributed by atoms with E-state index >= 15 is 0 Å². The van der Waals surface area contributed by atoms with Crippen molar-refractivity contribution >= 4 is 23.1 Å². The Hall–Kier alpha value is -4.13. The molecule has 1 heterocycles. The van der Waals surface area contributed by atoms with Crippen LogP contribution in [0.4, 0.5) is 10.1 Å². The van der Waals surface area contributed by atoms with E-state index in [2.05, 4.69) is 18.7 Å². The van der Waals surface area contributed by atoms with E-state index in [1.165, 1.54) is 17.0 Å². The number of anilines is 1. The zero-order valence-corrected chi connectivity index (χ0v) is 21.3. The number of hydrogen-bond acceptors (Lipinski definition) is 5. The van der Waals surface area contributed by atoms with Gasteiger partial charge in [0.2, 0.25) is 0 Å². The lowest BCUT2D eigenvalue weighted by Gasteiger charge is -2.27. The van der Waals surface area contributed by atoms with Gasteiger partial charge in [-0.25, -0.2) is 4.39 Å². The highest BCUT2D eigenvalue weighted by atomic mass is 19.1. The fourth-order valence-corrected chi connectivity index (χ4v) is 4.69. The predicted molar refractivity (Wildman–Crippen MR) is 142 cm³/mol. The lowest BCUT2D eigenvalue weighted by atomic mass is 9.94. The van der Waals surface area contributed by atoms with Crippen molar-refractivity contribution in [2.45, 2.75) is 33.4 Å². The van der Waals surface area contributed by atoms with Crippen LogP contribution < -0.4 is 9.64 Å². The monoisotopic (exact) mass is 502 g/mol. The topological polar surface area (TPSA) is 70.1 Å². The number of hydrogen-bond donors (Lipinski definition) is 1. The number of aliphatic hydroxyl groups excluding tert-OH is 1. The lowest BCUT2D eigenvalue weighted by molar-refractivity contribution is -0.140. The Kier molecular flexibility index (Phi) is 7.92. The van der Waals surface area contributed by atoms with Crippen molar-refractivity contribution in [1.82, 2.24) is 4.90 Å². The van der Waals surface area contributed by atoms with Crippen molar-refractivity contribution in [1.29, 1.82) is 0 Å². The molecule has 7 heteroatoms. The Morgan fingerprint density at radius 3 is 2.27 bits per heavy atom. The summed E-state index contributed by atoms with van der Waals surface area (Å²) in [4.78, 5) is 30.2. The van der Waals surface area contributed by atoms with Gasteiger partial charge in [0.15, 0.2) is 0 Å². The average molecular weight is 503 g/mol. The molecule has 1 N–H and O–H groups in total. The Labute approximate surface area is 216 Å². The van der Waals surface area contributed by atoms with Crippen LogP contribution in [0, 0.1) is 5.82 Å². The molecule has 1 atom stereocenters. The van der Waals surface area contributed by atoms with Crippen LogP contribution >= 0.6 is 0 Å². The van der Waals surface area contributed by atoms with Crippen LogP contribution in [0.5, 0.6) is 5.75 Å². The Morgan fingerprint density at radius 1 is 0.973 bits per heavy atom. The molecule has 1 unspecified atom stereocenters. The maximum atomic E-state index is 13.5. The molecule has 192 valence electrons. The van der Waals surface area contributed by atoms with E-state index in [-0.39, 0.29) is 23.7 Å². The van der Waals surface area contributed by atoms with Crippen molar-refractivity contribution < 1.29 is 23.8 Å². The quantitative estimate of drug-likeness (QED) is 0.231. The highest BCUT2D eigenvalue weighted by molar-refractivity contribution is 6.46. The number of likely N-dealkylation sites (tertiary alicyclic amines) is 1. The first kappa shape index (κ1) is 25.9. The maximum Gasteiger partial charge on any atom is 0.295 e. The van der Waals surface area contributed by atoms with Crippen LogP contribution in [0.2, 0.25) is 0 Å². The Balaban J connectivity index is 1.82. The van der Waals surface area contributed by atoms with E-state index in [1.54, 1.807) is 36.4 Å². The molecule has 0 radical (unpaired) electrons. The Morgan fingerprint density at radius 2 is 1.65 bits per heavy atom. The number of amides is 1. The number of nitrogens with zero attached hydrogens (tertiary/aromatic N) is 2. The van der Waals surface area contributed by atoms with E-state index in [0.717, 1.165) is 18.8 Å². The number of carbonyl (C=O) groups is 2. The molecular weight excluding hydrogens is 471 g/mol. The molecule has 0 aromatic heterocycles. The molecule has 3 aromatic carbocycles. The molecule has 0 saturated carbocycles. The summed E-state index contributed by atoms with van der Waals surface area (Å²) in [6.07, 6.45) is 0. The second kappa shape index (κ2) is 11.3. The normalized spacial score (nSPS) is 16.8. The third kappa shape index (κ3) is 5.35. The number of ether oxygens (including phenoxy) is 1. The first-order valence-corrected chi connectivity index (χ1v) is 12.5. The highest BCUT2D eigenvalue weighted by Gasteiger charge is 2.46. The van der Waals surface area contributed by atoms with Gasteiger partial charge in [-0.2, -0.15) is 0 Å². The smallest absolute Gasteiger partial charge is 0.295 e. The van der Waals surface area contributed by atoms with Crippen molar-refractivity contribution in [2.24, 2.45) is 0 Å². The fourth-order valence-electron chi connectivity index (χ4n) is 4.69. The number of carbonyl (C=O) groups excluding carboxylic acids is 2. The highest BCUT2D eigenvalue weighted by Crippen LogP contribution is 2.41.